The number of benzene rings is 1. The van der Waals surface area contributed by atoms with Crippen molar-refractivity contribution in [2.45, 2.75) is 43.3 Å². The van der Waals surface area contributed by atoms with E-state index in [9.17, 15) is 13.2 Å². The number of nitrogens with zero attached hydrogens (tertiary/aromatic N) is 5. The van der Waals surface area contributed by atoms with Crippen molar-refractivity contribution >= 4 is 27.5 Å². The molecule has 27 heavy (non-hydrogen) atoms. The van der Waals surface area contributed by atoms with E-state index in [0.717, 1.165) is 5.56 Å². The van der Waals surface area contributed by atoms with Crippen LogP contribution in [0.25, 0.3) is 0 Å². The number of carbonyl (C=O) groups excluding carboxylic acids is 1. The molecule has 1 fully saturated rings. The van der Waals surface area contributed by atoms with Crippen LogP contribution in [0.2, 0.25) is 0 Å². The van der Waals surface area contributed by atoms with E-state index in [1.165, 1.54) is 11.8 Å². The highest BCUT2D eigenvalue weighted by molar-refractivity contribution is 8.00. The summed E-state index contributed by atoms with van der Waals surface area (Å²) < 4.78 is 25.2. The first kappa shape index (κ1) is 19.8. The smallest absolute Gasteiger partial charge is 0.236 e. The van der Waals surface area contributed by atoms with E-state index in [-0.39, 0.29) is 23.5 Å². The third-order valence-electron chi connectivity index (χ3n) is 4.58. The van der Waals surface area contributed by atoms with E-state index in [4.69, 9.17) is 0 Å². The average molecular weight is 410 g/mol. The lowest BCUT2D eigenvalue weighted by atomic mass is 10.2. The van der Waals surface area contributed by atoms with Crippen LogP contribution >= 0.6 is 11.8 Å². The van der Waals surface area contributed by atoms with Crippen LogP contribution in [-0.2, 0) is 21.2 Å². The minimum Gasteiger partial charge on any atom is -0.338 e. The van der Waals surface area contributed by atoms with Gasteiger partial charge in [-0.3, -0.25) is 4.79 Å². The minimum atomic E-state index is -3.04. The molecule has 0 spiro atoms. The average Bonchev–Trinajstić information content (AvgIpc) is 3.22. The first-order chi connectivity index (χ1) is 12.9. The topological polar surface area (TPSA) is 98.1 Å². The molecule has 2 aromatic rings. The number of hydrogen-bond acceptors (Lipinski definition) is 7. The Balaban J connectivity index is 1.67. The zero-order valence-corrected chi connectivity index (χ0v) is 17.0. The third-order valence-corrected chi connectivity index (χ3v) is 7.39. The lowest BCUT2D eigenvalue weighted by Gasteiger charge is -2.29. The Labute approximate surface area is 163 Å². The van der Waals surface area contributed by atoms with Gasteiger partial charge in [0.25, 0.3) is 0 Å². The molecule has 0 radical (unpaired) electrons. The van der Waals surface area contributed by atoms with E-state index < -0.39 is 15.1 Å². The molecule has 1 aromatic heterocycles. The fraction of sp³-hybridized carbons (Fsp3) is 0.529. The maximum absolute atomic E-state index is 12.9. The van der Waals surface area contributed by atoms with Crippen molar-refractivity contribution in [3.05, 3.63) is 35.9 Å². The molecule has 1 aromatic carbocycles. The van der Waals surface area contributed by atoms with E-state index >= 15 is 0 Å². The summed E-state index contributed by atoms with van der Waals surface area (Å²) in [4.78, 5) is 14.6. The molecule has 2 atom stereocenters. The van der Waals surface area contributed by atoms with Gasteiger partial charge >= 0.3 is 0 Å². The molecule has 1 aliphatic heterocycles. The molecule has 10 heteroatoms. The summed E-state index contributed by atoms with van der Waals surface area (Å²) in [5.74, 6) is 0.118. The number of aromatic nitrogens is 4. The highest BCUT2D eigenvalue weighted by atomic mass is 32.2. The van der Waals surface area contributed by atoms with Gasteiger partial charge in [0.1, 0.15) is 0 Å². The van der Waals surface area contributed by atoms with Crippen LogP contribution in [0, 0.1) is 0 Å². The largest absolute Gasteiger partial charge is 0.338 e. The molecule has 146 valence electrons. The zero-order chi connectivity index (χ0) is 19.4. The van der Waals surface area contributed by atoms with Crippen LogP contribution in [-0.4, -0.2) is 68.8 Å². The third kappa shape index (κ3) is 4.86. The molecule has 8 nitrogen and oxygen atoms in total. The number of hydrogen-bond donors (Lipinski definition) is 0. The standard InChI is InChI=1S/C17H23N5O3S2/c1-3-21(15-9-10-27(24,25)12-15)16(23)13(2)26-17-18-19-20-22(17)11-14-7-5-4-6-8-14/h4-8,13,15H,3,9-12H2,1-2H3/t13-,15+/m0/s1. The van der Waals surface area contributed by atoms with Crippen molar-refractivity contribution in [1.82, 2.24) is 25.1 Å². The molecule has 3 rings (SSSR count). The van der Waals surface area contributed by atoms with Gasteiger partial charge < -0.3 is 4.90 Å². The highest BCUT2D eigenvalue weighted by Crippen LogP contribution is 2.25. The summed E-state index contributed by atoms with van der Waals surface area (Å²) >= 11 is 1.29. The number of sulfone groups is 1. The van der Waals surface area contributed by atoms with E-state index in [0.29, 0.717) is 24.7 Å². The highest BCUT2D eigenvalue weighted by Gasteiger charge is 2.35. The number of rotatable bonds is 7. The van der Waals surface area contributed by atoms with Crippen LogP contribution in [0.5, 0.6) is 0 Å². The second-order valence-corrected chi connectivity index (χ2v) is 10.1. The van der Waals surface area contributed by atoms with Crippen LogP contribution in [0.1, 0.15) is 25.8 Å². The summed E-state index contributed by atoms with van der Waals surface area (Å²) in [5.41, 5.74) is 1.07. The van der Waals surface area contributed by atoms with Crippen LogP contribution in [0.3, 0.4) is 0 Å². The maximum atomic E-state index is 12.9. The van der Waals surface area contributed by atoms with Gasteiger partial charge in [-0.15, -0.1) is 5.10 Å². The van der Waals surface area contributed by atoms with Crippen LogP contribution in [0.4, 0.5) is 0 Å². The normalized spacial score (nSPS) is 19.7. The van der Waals surface area contributed by atoms with Gasteiger partial charge in [-0.2, -0.15) is 0 Å². The lowest BCUT2D eigenvalue weighted by molar-refractivity contribution is -0.131. The summed E-state index contributed by atoms with van der Waals surface area (Å²) in [5, 5.41) is 11.9. The molecule has 2 heterocycles. The number of carbonyl (C=O) groups is 1. The molecule has 0 unspecified atom stereocenters. The number of amides is 1. The Morgan fingerprint density at radius 2 is 2.11 bits per heavy atom. The van der Waals surface area contributed by atoms with Gasteiger partial charge in [0.2, 0.25) is 11.1 Å². The van der Waals surface area contributed by atoms with E-state index in [1.807, 2.05) is 37.3 Å². The Kier molecular flexibility index (Phi) is 6.15. The Bertz CT molecular complexity index is 885. The molecule has 1 aliphatic rings. The Morgan fingerprint density at radius 3 is 2.74 bits per heavy atom. The van der Waals surface area contributed by atoms with Crippen LogP contribution in [0.15, 0.2) is 35.5 Å². The van der Waals surface area contributed by atoms with Crippen molar-refractivity contribution in [3.8, 4) is 0 Å². The summed E-state index contributed by atoms with van der Waals surface area (Å²) in [6.45, 7) is 4.69. The SMILES string of the molecule is CCN(C(=O)[C@H](C)Sc1nnnn1Cc1ccccc1)[C@@H]1CCS(=O)(=O)C1. The second kappa shape index (κ2) is 8.39. The second-order valence-electron chi connectivity index (χ2n) is 6.55. The van der Waals surface area contributed by atoms with Crippen molar-refractivity contribution in [3.63, 3.8) is 0 Å². The molecule has 0 saturated carbocycles. The summed E-state index contributed by atoms with van der Waals surface area (Å²) in [6.07, 6.45) is 0.505. The molecular formula is C17H23N5O3S2. The van der Waals surface area contributed by atoms with E-state index in [2.05, 4.69) is 15.5 Å². The maximum Gasteiger partial charge on any atom is 0.236 e. The Morgan fingerprint density at radius 1 is 1.37 bits per heavy atom. The first-order valence-corrected chi connectivity index (χ1v) is 11.6. The van der Waals surface area contributed by atoms with Gasteiger partial charge in [0, 0.05) is 12.6 Å². The van der Waals surface area contributed by atoms with Gasteiger partial charge in [-0.05, 0) is 36.3 Å². The number of tetrazole rings is 1. The van der Waals surface area contributed by atoms with Gasteiger partial charge in [-0.1, -0.05) is 42.1 Å². The quantitative estimate of drug-likeness (QED) is 0.635. The van der Waals surface area contributed by atoms with E-state index in [1.54, 1.807) is 16.5 Å². The molecule has 0 aliphatic carbocycles. The van der Waals surface area contributed by atoms with Crippen molar-refractivity contribution in [2.24, 2.45) is 0 Å². The molecule has 1 amide bonds. The van der Waals surface area contributed by atoms with Crippen molar-refractivity contribution < 1.29 is 13.2 Å². The molecule has 0 bridgehead atoms. The summed E-state index contributed by atoms with van der Waals surface area (Å²) in [6, 6.07) is 9.59. The fourth-order valence-corrected chi connectivity index (χ4v) is 5.78. The van der Waals surface area contributed by atoms with Gasteiger partial charge in [0.05, 0.1) is 23.3 Å². The predicted molar refractivity (Wildman–Crippen MR) is 103 cm³/mol. The Hall–Kier alpha value is -1.94. The monoisotopic (exact) mass is 409 g/mol. The molecule has 0 N–H and O–H groups in total. The lowest BCUT2D eigenvalue weighted by Crippen LogP contribution is -2.44. The first-order valence-electron chi connectivity index (χ1n) is 8.87. The predicted octanol–water partition coefficient (Wildman–Crippen LogP) is 1.24. The summed E-state index contributed by atoms with van der Waals surface area (Å²) in [7, 11) is -3.04. The minimum absolute atomic E-state index is 0.0513. The van der Waals surface area contributed by atoms with Gasteiger partial charge in [-0.25, -0.2) is 13.1 Å². The number of thioether (sulfide) groups is 1. The van der Waals surface area contributed by atoms with Crippen molar-refractivity contribution in [1.29, 1.82) is 0 Å². The van der Waals surface area contributed by atoms with Crippen LogP contribution < -0.4 is 0 Å². The van der Waals surface area contributed by atoms with Crippen molar-refractivity contribution in [2.75, 3.05) is 18.1 Å². The molecular weight excluding hydrogens is 386 g/mol. The van der Waals surface area contributed by atoms with Gasteiger partial charge in [0.15, 0.2) is 9.84 Å². The zero-order valence-electron chi connectivity index (χ0n) is 15.4. The molecule has 1 saturated heterocycles. The fourth-order valence-electron chi connectivity index (χ4n) is 3.19.